The molecule has 0 unspecified atom stereocenters. The van der Waals surface area contributed by atoms with Crippen molar-refractivity contribution in [3.63, 3.8) is 0 Å². The van der Waals surface area contributed by atoms with Gasteiger partial charge in [0.05, 0.1) is 22.6 Å². The van der Waals surface area contributed by atoms with Crippen molar-refractivity contribution in [1.82, 2.24) is 4.57 Å². The van der Waals surface area contributed by atoms with E-state index in [1.165, 1.54) is 31.0 Å². The monoisotopic (exact) mass is 410 g/mol. The number of aryl methyl sites for hydroxylation is 1. The summed E-state index contributed by atoms with van der Waals surface area (Å²) in [5.74, 6) is -0.536. The number of rotatable bonds is 8. The molecule has 0 bridgehead atoms. The number of halogens is 1. The molecule has 0 saturated carbocycles. The number of hydrogen-bond acceptors (Lipinski definition) is 5. The lowest BCUT2D eigenvalue weighted by molar-refractivity contribution is 0.103. The number of carbonyl (C=O) groups is 1. The maximum Gasteiger partial charge on any atom is 0.202 e. The summed E-state index contributed by atoms with van der Waals surface area (Å²) in [4.78, 5) is 13.2. The molecular formula is C20H27FN2O2S2. The van der Waals surface area contributed by atoms with Gasteiger partial charge in [0.2, 0.25) is 5.78 Å². The smallest absolute Gasteiger partial charge is 0.202 e. The SMILES string of the molecule is C/C=C(\Sc1ccc(C)n1CCCN)C(=O)c1ccc(OC)cc1F.CS. The molecule has 0 aliphatic carbocycles. The molecule has 2 aromatic rings. The summed E-state index contributed by atoms with van der Waals surface area (Å²) in [5, 5.41) is 0.946. The first-order valence-corrected chi connectivity index (χ1v) is 10.3. The number of thioether (sulfide) groups is 1. The fourth-order valence-electron chi connectivity index (χ4n) is 2.46. The van der Waals surface area contributed by atoms with Crippen molar-refractivity contribution in [2.45, 2.75) is 31.8 Å². The van der Waals surface area contributed by atoms with Gasteiger partial charge in [0.15, 0.2) is 0 Å². The van der Waals surface area contributed by atoms with E-state index in [0.717, 1.165) is 23.7 Å². The van der Waals surface area contributed by atoms with Crippen LogP contribution in [-0.4, -0.2) is 30.3 Å². The number of aromatic nitrogens is 1. The van der Waals surface area contributed by atoms with Gasteiger partial charge in [-0.2, -0.15) is 12.6 Å². The average Bonchev–Trinajstić information content (AvgIpc) is 3.04. The fourth-order valence-corrected chi connectivity index (χ4v) is 3.49. The number of hydrogen-bond donors (Lipinski definition) is 2. The Hall–Kier alpha value is -1.70. The summed E-state index contributed by atoms with van der Waals surface area (Å²) >= 11 is 4.87. The molecule has 27 heavy (non-hydrogen) atoms. The predicted molar refractivity (Wildman–Crippen MR) is 115 cm³/mol. The molecule has 0 atom stereocenters. The zero-order valence-electron chi connectivity index (χ0n) is 16.2. The van der Waals surface area contributed by atoms with Gasteiger partial charge in [-0.1, -0.05) is 17.8 Å². The molecule has 7 heteroatoms. The van der Waals surface area contributed by atoms with Crippen LogP contribution < -0.4 is 10.5 Å². The molecular weight excluding hydrogens is 383 g/mol. The first kappa shape index (κ1) is 23.3. The molecule has 0 spiro atoms. The summed E-state index contributed by atoms with van der Waals surface area (Å²) in [6.07, 6.45) is 4.27. The Morgan fingerprint density at radius 3 is 2.59 bits per heavy atom. The lowest BCUT2D eigenvalue weighted by Crippen LogP contribution is -2.09. The first-order valence-electron chi connectivity index (χ1n) is 8.55. The largest absolute Gasteiger partial charge is 0.497 e. The quantitative estimate of drug-likeness (QED) is 0.286. The molecule has 0 fully saturated rings. The summed E-state index contributed by atoms with van der Waals surface area (Å²) < 4.78 is 21.3. The van der Waals surface area contributed by atoms with Gasteiger partial charge in [-0.05, 0) is 57.3 Å². The second kappa shape index (κ2) is 11.9. The van der Waals surface area contributed by atoms with Crippen LogP contribution in [0.5, 0.6) is 5.75 Å². The van der Waals surface area contributed by atoms with Crippen molar-refractivity contribution in [2.24, 2.45) is 5.73 Å². The number of thiol groups is 1. The molecule has 0 saturated heterocycles. The van der Waals surface area contributed by atoms with Crippen LogP contribution in [0.2, 0.25) is 0 Å². The Morgan fingerprint density at radius 1 is 1.33 bits per heavy atom. The van der Waals surface area contributed by atoms with E-state index < -0.39 is 5.82 Å². The van der Waals surface area contributed by atoms with Gasteiger partial charge in [0.25, 0.3) is 0 Å². The van der Waals surface area contributed by atoms with Gasteiger partial charge >= 0.3 is 0 Å². The molecule has 4 nitrogen and oxygen atoms in total. The molecule has 0 aliphatic heterocycles. The highest BCUT2D eigenvalue weighted by molar-refractivity contribution is 8.04. The second-order valence-corrected chi connectivity index (χ2v) is 6.60. The van der Waals surface area contributed by atoms with Gasteiger partial charge in [-0.15, -0.1) is 0 Å². The van der Waals surface area contributed by atoms with Gasteiger partial charge < -0.3 is 15.0 Å². The predicted octanol–water partition coefficient (Wildman–Crippen LogP) is 4.72. The van der Waals surface area contributed by atoms with Crippen LogP contribution in [0.3, 0.4) is 0 Å². The van der Waals surface area contributed by atoms with Crippen molar-refractivity contribution >= 4 is 30.2 Å². The number of ketones is 1. The lowest BCUT2D eigenvalue weighted by atomic mass is 10.1. The molecule has 2 N–H and O–H groups in total. The molecule has 0 radical (unpaired) electrons. The van der Waals surface area contributed by atoms with Crippen LogP contribution in [0.1, 0.15) is 29.4 Å². The van der Waals surface area contributed by atoms with Crippen LogP contribution in [0.4, 0.5) is 4.39 Å². The Labute approximate surface area is 170 Å². The van der Waals surface area contributed by atoms with Crippen LogP contribution in [0.15, 0.2) is 46.3 Å². The third kappa shape index (κ3) is 6.16. The van der Waals surface area contributed by atoms with E-state index in [1.54, 1.807) is 25.3 Å². The van der Waals surface area contributed by atoms with Crippen LogP contribution >= 0.6 is 24.4 Å². The number of carbonyl (C=O) groups excluding carboxylic acids is 1. The van der Waals surface area contributed by atoms with Crippen molar-refractivity contribution in [3.05, 3.63) is 58.4 Å². The molecule has 0 aliphatic rings. The summed E-state index contributed by atoms with van der Waals surface area (Å²) in [6, 6.07) is 8.24. The molecule has 1 aromatic heterocycles. The number of methoxy groups -OCH3 is 1. The highest BCUT2D eigenvalue weighted by atomic mass is 32.2. The Morgan fingerprint density at radius 2 is 2.04 bits per heavy atom. The maximum absolute atomic E-state index is 14.2. The highest BCUT2D eigenvalue weighted by Crippen LogP contribution is 2.32. The van der Waals surface area contributed by atoms with Crippen molar-refractivity contribution in [1.29, 1.82) is 0 Å². The van der Waals surface area contributed by atoms with E-state index in [4.69, 9.17) is 10.5 Å². The van der Waals surface area contributed by atoms with Gasteiger partial charge in [0, 0.05) is 18.3 Å². The minimum Gasteiger partial charge on any atom is -0.497 e. The first-order chi connectivity index (χ1) is 13.0. The highest BCUT2D eigenvalue weighted by Gasteiger charge is 2.19. The maximum atomic E-state index is 14.2. The summed E-state index contributed by atoms with van der Waals surface area (Å²) in [6.45, 7) is 5.19. The number of nitrogens with two attached hydrogens (primary N) is 1. The summed E-state index contributed by atoms with van der Waals surface area (Å²) in [7, 11) is 1.46. The second-order valence-electron chi connectivity index (χ2n) is 5.54. The number of benzene rings is 1. The topological polar surface area (TPSA) is 57.2 Å². The van der Waals surface area contributed by atoms with Crippen LogP contribution in [0, 0.1) is 12.7 Å². The van der Waals surface area contributed by atoms with E-state index in [9.17, 15) is 9.18 Å². The van der Waals surface area contributed by atoms with Crippen LogP contribution in [-0.2, 0) is 6.54 Å². The third-order valence-electron chi connectivity index (χ3n) is 3.87. The number of nitrogens with zero attached hydrogens (tertiary/aromatic N) is 1. The number of Topliss-reactive ketones (excluding diaryl/α,β-unsaturated/α-hetero) is 1. The van der Waals surface area contributed by atoms with E-state index >= 15 is 0 Å². The third-order valence-corrected chi connectivity index (χ3v) is 5.07. The van der Waals surface area contributed by atoms with Crippen molar-refractivity contribution in [2.75, 3.05) is 19.9 Å². The zero-order valence-corrected chi connectivity index (χ0v) is 17.9. The van der Waals surface area contributed by atoms with E-state index in [1.807, 2.05) is 19.1 Å². The molecule has 1 aromatic carbocycles. The number of ether oxygens (including phenoxy) is 1. The van der Waals surface area contributed by atoms with E-state index in [-0.39, 0.29) is 11.3 Å². The Kier molecular flexibility index (Phi) is 10.3. The van der Waals surface area contributed by atoms with E-state index in [0.29, 0.717) is 17.2 Å². The van der Waals surface area contributed by atoms with Crippen molar-refractivity contribution in [3.8, 4) is 5.75 Å². The minimum atomic E-state index is -0.584. The number of allylic oxidation sites excluding steroid dienone is 2. The molecule has 2 rings (SSSR count). The average molecular weight is 411 g/mol. The minimum absolute atomic E-state index is 0.0400. The summed E-state index contributed by atoms with van der Waals surface area (Å²) in [5.41, 5.74) is 6.75. The standard InChI is InChI=1S/C19H23FN2O2S.CH4S/c1-4-17(19(23)15-8-7-14(24-3)12-16(15)20)25-18-9-6-13(2)22(18)11-5-10-21;1-2/h4,6-9,12H,5,10-11,21H2,1-3H3;2H,1H3/b17-4-;. The zero-order chi connectivity index (χ0) is 20.4. The Balaban J connectivity index is 0.00000176. The lowest BCUT2D eigenvalue weighted by Gasteiger charge is -2.12. The van der Waals surface area contributed by atoms with Gasteiger partial charge in [-0.25, -0.2) is 4.39 Å². The molecule has 148 valence electrons. The molecule has 0 amide bonds. The van der Waals surface area contributed by atoms with Crippen molar-refractivity contribution < 1.29 is 13.9 Å². The Bertz CT molecular complexity index is 788. The van der Waals surface area contributed by atoms with E-state index in [2.05, 4.69) is 17.2 Å². The normalized spacial score (nSPS) is 11.0. The van der Waals surface area contributed by atoms with Gasteiger partial charge in [-0.3, -0.25) is 4.79 Å². The van der Waals surface area contributed by atoms with Crippen LogP contribution in [0.25, 0.3) is 0 Å². The fraction of sp³-hybridized carbons (Fsp3) is 0.350. The molecule has 1 heterocycles. The van der Waals surface area contributed by atoms with Gasteiger partial charge in [0.1, 0.15) is 11.6 Å².